The number of halogens is 2. The summed E-state index contributed by atoms with van der Waals surface area (Å²) in [4.78, 5) is 36.7. The molecule has 2 aromatic heterocycles. The molecule has 1 aliphatic rings. The summed E-state index contributed by atoms with van der Waals surface area (Å²) in [6.45, 7) is 0. The third kappa shape index (κ3) is 7.77. The molecular formula is C40H27Cl2N9O2S. The van der Waals surface area contributed by atoms with Crippen LogP contribution in [0.5, 0.6) is 0 Å². The number of fused-ring (bicyclic) bond motifs is 2. The summed E-state index contributed by atoms with van der Waals surface area (Å²) in [7, 11) is 0. The highest BCUT2D eigenvalue weighted by Crippen LogP contribution is 2.46. The van der Waals surface area contributed by atoms with Crippen LogP contribution in [0.3, 0.4) is 0 Å². The maximum absolute atomic E-state index is 13.2. The van der Waals surface area contributed by atoms with E-state index >= 15 is 0 Å². The molecule has 0 atom stereocenters. The minimum Gasteiger partial charge on any atom is -0.383 e. The van der Waals surface area contributed by atoms with Crippen molar-refractivity contribution >= 4 is 81.2 Å². The first-order chi connectivity index (χ1) is 26.1. The van der Waals surface area contributed by atoms with Gasteiger partial charge in [-0.2, -0.15) is 10.5 Å². The first-order valence-electron chi connectivity index (χ1n) is 16.3. The van der Waals surface area contributed by atoms with E-state index in [-0.39, 0.29) is 47.4 Å². The van der Waals surface area contributed by atoms with E-state index in [1.165, 1.54) is 11.8 Å². The topological polar surface area (TPSA) is 196 Å². The number of aromatic nitrogens is 2. The molecule has 11 nitrogen and oxygen atoms in total. The van der Waals surface area contributed by atoms with Crippen molar-refractivity contribution in [3.05, 3.63) is 130 Å². The second-order valence-electron chi connectivity index (χ2n) is 12.2. The zero-order chi connectivity index (χ0) is 37.9. The number of pyridine rings is 2. The highest BCUT2D eigenvalue weighted by atomic mass is 35.5. The minimum atomic E-state index is -0.313. The lowest BCUT2D eigenvalue weighted by molar-refractivity contribution is -0.116. The van der Waals surface area contributed by atoms with Crippen LogP contribution in [0, 0.1) is 22.7 Å². The molecule has 1 aliphatic heterocycles. The molecule has 0 fully saturated rings. The van der Waals surface area contributed by atoms with Gasteiger partial charge in [-0.05, 0) is 83.9 Å². The molecule has 0 unspecified atom stereocenters. The maximum atomic E-state index is 13.2. The smallest absolute Gasteiger partial charge is 0.230 e. The standard InChI is InChI=1S/C40H27Cl2N9O2S/c41-23-5-1-21(2-6-23)29-13-27(49-39(45)31(29)19-43)17-37(52)47-25-9-11-33-35(15-25)54-36-16-26(10-12-34(36)51-33)48-38(53)18-28-14-30(32(20-44)40(46)50-28)22-3-7-24(42)8-4-22/h1-16,51H,17-18H2,(H2,45,49)(H2,46,50)(H,47,52)(H,48,53). The van der Waals surface area contributed by atoms with Crippen LogP contribution in [0.25, 0.3) is 22.3 Å². The SMILES string of the molecule is N#Cc1c(-c2ccc(Cl)cc2)cc(CC(=O)Nc2ccc3c(c2)Sc2cc(NC(=O)Cc4cc(-c5ccc(Cl)cc5)c(C#N)c(N)n4)ccc2N3)nc1N. The van der Waals surface area contributed by atoms with Gasteiger partial charge in [0.25, 0.3) is 0 Å². The molecule has 0 bridgehead atoms. The van der Waals surface area contributed by atoms with Gasteiger partial charge in [-0.3, -0.25) is 9.59 Å². The van der Waals surface area contributed by atoms with Crippen LogP contribution in [0.2, 0.25) is 10.0 Å². The molecule has 54 heavy (non-hydrogen) atoms. The van der Waals surface area contributed by atoms with Crippen molar-refractivity contribution in [3.63, 3.8) is 0 Å². The largest absolute Gasteiger partial charge is 0.383 e. The lowest BCUT2D eigenvalue weighted by atomic mass is 9.99. The summed E-state index contributed by atoms with van der Waals surface area (Å²) >= 11 is 13.6. The van der Waals surface area contributed by atoms with Gasteiger partial charge < -0.3 is 27.4 Å². The molecule has 0 radical (unpaired) electrons. The van der Waals surface area contributed by atoms with Gasteiger partial charge in [0.2, 0.25) is 11.8 Å². The third-order valence-electron chi connectivity index (χ3n) is 8.44. The van der Waals surface area contributed by atoms with Crippen molar-refractivity contribution in [2.75, 3.05) is 27.4 Å². The van der Waals surface area contributed by atoms with Crippen molar-refractivity contribution < 1.29 is 9.59 Å². The number of nitrogens with zero attached hydrogens (tertiary/aromatic N) is 4. The second-order valence-corrected chi connectivity index (χ2v) is 14.1. The monoisotopic (exact) mass is 767 g/mol. The zero-order valence-corrected chi connectivity index (χ0v) is 30.4. The van der Waals surface area contributed by atoms with E-state index in [1.807, 2.05) is 24.3 Å². The number of benzene rings is 4. The first-order valence-corrected chi connectivity index (χ1v) is 17.9. The Morgan fingerprint density at radius 2 is 1.06 bits per heavy atom. The summed E-state index contributed by atoms with van der Waals surface area (Å²) in [5, 5.41) is 29.8. The predicted octanol–water partition coefficient (Wildman–Crippen LogP) is 8.60. The van der Waals surface area contributed by atoms with E-state index in [9.17, 15) is 20.1 Å². The van der Waals surface area contributed by atoms with Crippen molar-refractivity contribution in [1.82, 2.24) is 9.97 Å². The Bertz CT molecular complexity index is 2390. The number of amides is 2. The summed E-state index contributed by atoms with van der Waals surface area (Å²) in [5.41, 5.74) is 18.9. The molecule has 0 aliphatic carbocycles. The first kappa shape index (κ1) is 35.8. The molecular weight excluding hydrogens is 741 g/mol. The number of hydrogen-bond donors (Lipinski definition) is 5. The van der Waals surface area contributed by atoms with E-state index in [0.29, 0.717) is 43.9 Å². The van der Waals surface area contributed by atoms with Gasteiger partial charge in [-0.25, -0.2) is 9.97 Å². The Kier molecular flexibility index (Phi) is 10.1. The lowest BCUT2D eigenvalue weighted by Crippen LogP contribution is -2.16. The van der Waals surface area contributed by atoms with Crippen LogP contribution in [0.15, 0.2) is 107 Å². The number of hydrogen-bond acceptors (Lipinski definition) is 10. The number of rotatable bonds is 8. The number of anilines is 6. The highest BCUT2D eigenvalue weighted by molar-refractivity contribution is 7.99. The van der Waals surface area contributed by atoms with E-state index in [1.54, 1.807) is 72.8 Å². The van der Waals surface area contributed by atoms with Crippen LogP contribution in [0.1, 0.15) is 22.5 Å². The number of carbonyl (C=O) groups excluding carboxylic acids is 2. The number of nitrogens with two attached hydrogens (primary N) is 2. The van der Waals surface area contributed by atoms with Crippen LogP contribution in [-0.2, 0) is 22.4 Å². The van der Waals surface area contributed by atoms with Gasteiger partial charge in [0.15, 0.2) is 0 Å². The van der Waals surface area contributed by atoms with Crippen LogP contribution >= 0.6 is 35.0 Å². The van der Waals surface area contributed by atoms with Crippen molar-refractivity contribution in [2.24, 2.45) is 0 Å². The van der Waals surface area contributed by atoms with Crippen LogP contribution in [-0.4, -0.2) is 21.8 Å². The minimum absolute atomic E-state index is 0.0390. The van der Waals surface area contributed by atoms with Crippen molar-refractivity contribution in [3.8, 4) is 34.4 Å². The quantitative estimate of drug-likeness (QED) is 0.0999. The van der Waals surface area contributed by atoms with E-state index < -0.39 is 0 Å². The van der Waals surface area contributed by atoms with E-state index in [4.69, 9.17) is 34.7 Å². The predicted molar refractivity (Wildman–Crippen MR) is 213 cm³/mol. The molecule has 14 heteroatoms. The molecule has 6 aromatic rings. The fourth-order valence-corrected chi connectivity index (χ4v) is 7.27. The average molecular weight is 769 g/mol. The zero-order valence-electron chi connectivity index (χ0n) is 28.1. The summed E-state index contributed by atoms with van der Waals surface area (Å²) in [5.74, 6) is -0.549. The molecule has 0 spiro atoms. The summed E-state index contributed by atoms with van der Waals surface area (Å²) in [6.07, 6.45) is -0.143. The highest BCUT2D eigenvalue weighted by Gasteiger charge is 2.20. The molecule has 4 aromatic carbocycles. The van der Waals surface area contributed by atoms with E-state index in [0.717, 1.165) is 32.3 Å². The Morgan fingerprint density at radius 1 is 0.648 bits per heavy atom. The third-order valence-corrected chi connectivity index (χ3v) is 10.1. The van der Waals surface area contributed by atoms with Gasteiger partial charge in [0, 0.05) is 42.3 Å². The molecule has 264 valence electrons. The van der Waals surface area contributed by atoms with Gasteiger partial charge in [-0.1, -0.05) is 59.2 Å². The van der Waals surface area contributed by atoms with Gasteiger partial charge >= 0.3 is 0 Å². The van der Waals surface area contributed by atoms with Gasteiger partial charge in [0.05, 0.1) is 35.6 Å². The fourth-order valence-electron chi connectivity index (χ4n) is 5.95. The summed E-state index contributed by atoms with van der Waals surface area (Å²) in [6, 6.07) is 32.6. The van der Waals surface area contributed by atoms with Crippen LogP contribution < -0.4 is 27.4 Å². The molecule has 0 saturated heterocycles. The average Bonchev–Trinajstić information content (AvgIpc) is 3.14. The van der Waals surface area contributed by atoms with Crippen molar-refractivity contribution in [2.45, 2.75) is 22.6 Å². The molecule has 0 saturated carbocycles. The number of nitrogen functional groups attached to an aromatic ring is 2. The lowest BCUT2D eigenvalue weighted by Gasteiger charge is -2.22. The fraction of sp³-hybridized carbons (Fsp3) is 0.0500. The molecule has 7 rings (SSSR count). The summed E-state index contributed by atoms with van der Waals surface area (Å²) < 4.78 is 0. The second kappa shape index (κ2) is 15.2. The molecule has 2 amide bonds. The Labute approximate surface area is 324 Å². The molecule has 3 heterocycles. The maximum Gasteiger partial charge on any atom is 0.230 e. The van der Waals surface area contributed by atoms with E-state index in [2.05, 4.69) is 38.1 Å². The molecule has 7 N–H and O–H groups in total. The van der Waals surface area contributed by atoms with Crippen LogP contribution in [0.4, 0.5) is 34.4 Å². The number of nitriles is 2. The number of carbonyl (C=O) groups is 2. The van der Waals surface area contributed by atoms with Gasteiger partial charge in [-0.15, -0.1) is 0 Å². The Morgan fingerprint density at radius 3 is 1.44 bits per heavy atom. The van der Waals surface area contributed by atoms with Gasteiger partial charge in [0.1, 0.15) is 34.9 Å². The Balaban J connectivity index is 1.02. The number of nitrogens with one attached hydrogen (secondary N) is 3. The van der Waals surface area contributed by atoms with Crippen molar-refractivity contribution in [1.29, 1.82) is 10.5 Å². The Hall–Kier alpha value is -6.57. The normalized spacial score (nSPS) is 11.3.